The van der Waals surface area contributed by atoms with Crippen LogP contribution in [0.1, 0.15) is 80.4 Å². The van der Waals surface area contributed by atoms with Gasteiger partial charge in [-0.2, -0.15) is 0 Å². The molecule has 1 amide bonds. The van der Waals surface area contributed by atoms with Gasteiger partial charge in [0.15, 0.2) is 5.16 Å². The summed E-state index contributed by atoms with van der Waals surface area (Å²) in [5.74, 6) is 1.84. The molecule has 1 aromatic heterocycles. The van der Waals surface area contributed by atoms with Gasteiger partial charge in [0, 0.05) is 12.0 Å². The van der Waals surface area contributed by atoms with Crippen LogP contribution >= 0.6 is 11.8 Å². The Labute approximate surface area is 164 Å². The predicted octanol–water partition coefficient (Wildman–Crippen LogP) is 4.16. The maximum atomic E-state index is 12.9. The Balaban J connectivity index is 1.28. The van der Waals surface area contributed by atoms with Gasteiger partial charge in [0.05, 0.1) is 11.3 Å². The highest BCUT2D eigenvalue weighted by Gasteiger charge is 2.37. The number of carbonyl (C=O) groups excluding carboxylic acids is 1. The molecule has 1 aromatic carbocycles. The first-order valence-electron chi connectivity index (χ1n) is 10.2. The van der Waals surface area contributed by atoms with Gasteiger partial charge in [-0.15, -0.1) is 10.2 Å². The molecule has 0 bridgehead atoms. The van der Waals surface area contributed by atoms with Crippen LogP contribution < -0.4 is 5.32 Å². The van der Waals surface area contributed by atoms with E-state index in [4.69, 9.17) is 0 Å². The third-order valence-electron chi connectivity index (χ3n) is 5.88. The van der Waals surface area contributed by atoms with Crippen LogP contribution in [0.4, 0.5) is 0 Å². The second kappa shape index (κ2) is 6.97. The number of benzene rings is 1. The summed E-state index contributed by atoms with van der Waals surface area (Å²) in [7, 11) is 0. The van der Waals surface area contributed by atoms with E-state index >= 15 is 0 Å². The SMILES string of the molecule is C[C@@H](Sc1nnc(C2CC2)n1C1CC1)C(=O)N[C@@H]1CCCc2ccccc21. The van der Waals surface area contributed by atoms with E-state index in [9.17, 15) is 4.79 Å². The molecule has 0 saturated heterocycles. The standard InChI is InChI=1S/C21H26N4OS/c1-13(20(26)22-18-8-4-6-14-5-2-3-7-17(14)18)27-21-24-23-19(15-9-10-15)25(21)16-11-12-16/h2-3,5,7,13,15-16,18H,4,6,8-12H2,1H3,(H,22,26)/t13-,18-/m1/s1. The number of nitrogens with one attached hydrogen (secondary N) is 1. The number of amides is 1. The molecule has 5 nitrogen and oxygen atoms in total. The lowest BCUT2D eigenvalue weighted by molar-refractivity contribution is -0.121. The molecular weight excluding hydrogens is 356 g/mol. The van der Waals surface area contributed by atoms with Crippen LogP contribution in [0.3, 0.4) is 0 Å². The van der Waals surface area contributed by atoms with Crippen molar-refractivity contribution in [2.75, 3.05) is 0 Å². The van der Waals surface area contributed by atoms with Crippen LogP contribution in [0.5, 0.6) is 0 Å². The first-order valence-corrected chi connectivity index (χ1v) is 11.1. The highest BCUT2D eigenvalue weighted by Crippen LogP contribution is 2.46. The van der Waals surface area contributed by atoms with E-state index in [0.717, 1.165) is 30.2 Å². The zero-order valence-corrected chi connectivity index (χ0v) is 16.5. The summed E-state index contributed by atoms with van der Waals surface area (Å²) in [5.41, 5.74) is 2.66. The van der Waals surface area contributed by atoms with E-state index in [1.54, 1.807) is 11.8 Å². The number of nitrogens with zero attached hydrogens (tertiary/aromatic N) is 3. The predicted molar refractivity (Wildman–Crippen MR) is 106 cm³/mol. The van der Waals surface area contributed by atoms with E-state index in [2.05, 4.69) is 44.3 Å². The van der Waals surface area contributed by atoms with E-state index in [-0.39, 0.29) is 17.2 Å². The Bertz CT molecular complexity index is 856. The zero-order chi connectivity index (χ0) is 18.4. The second-order valence-corrected chi connectivity index (χ2v) is 9.44. The molecule has 0 unspecified atom stereocenters. The smallest absolute Gasteiger partial charge is 0.233 e. The van der Waals surface area contributed by atoms with Crippen molar-refractivity contribution in [3.05, 3.63) is 41.2 Å². The summed E-state index contributed by atoms with van der Waals surface area (Å²) >= 11 is 1.56. The van der Waals surface area contributed by atoms with Gasteiger partial charge in [0.1, 0.15) is 5.82 Å². The lowest BCUT2D eigenvalue weighted by atomic mass is 9.88. The number of hydrogen-bond acceptors (Lipinski definition) is 4. The molecule has 142 valence electrons. The van der Waals surface area contributed by atoms with Gasteiger partial charge in [-0.05, 0) is 63.0 Å². The number of fused-ring (bicyclic) bond motifs is 1. The second-order valence-electron chi connectivity index (χ2n) is 8.13. The fourth-order valence-corrected chi connectivity index (χ4v) is 5.00. The summed E-state index contributed by atoms with van der Waals surface area (Å²) in [6.07, 6.45) is 8.14. The van der Waals surface area contributed by atoms with Gasteiger partial charge < -0.3 is 9.88 Å². The molecule has 1 heterocycles. The summed E-state index contributed by atoms with van der Waals surface area (Å²) < 4.78 is 2.32. The highest BCUT2D eigenvalue weighted by atomic mass is 32.2. The molecule has 0 radical (unpaired) electrons. The van der Waals surface area contributed by atoms with Crippen molar-refractivity contribution in [2.45, 2.75) is 80.3 Å². The minimum absolute atomic E-state index is 0.0972. The van der Waals surface area contributed by atoms with Crippen LogP contribution in [0.25, 0.3) is 0 Å². The molecule has 2 saturated carbocycles. The van der Waals surface area contributed by atoms with Crippen molar-refractivity contribution < 1.29 is 4.79 Å². The molecule has 1 N–H and O–H groups in total. The van der Waals surface area contributed by atoms with Crippen LogP contribution in [-0.4, -0.2) is 25.9 Å². The maximum absolute atomic E-state index is 12.9. The Morgan fingerprint density at radius 3 is 2.78 bits per heavy atom. The van der Waals surface area contributed by atoms with Crippen molar-refractivity contribution in [1.82, 2.24) is 20.1 Å². The van der Waals surface area contributed by atoms with Gasteiger partial charge in [-0.3, -0.25) is 4.79 Å². The van der Waals surface area contributed by atoms with Crippen molar-refractivity contribution >= 4 is 17.7 Å². The quantitative estimate of drug-likeness (QED) is 0.762. The van der Waals surface area contributed by atoms with Gasteiger partial charge in [-0.1, -0.05) is 36.0 Å². The molecule has 2 aromatic rings. The lowest BCUT2D eigenvalue weighted by Crippen LogP contribution is -2.36. The van der Waals surface area contributed by atoms with Gasteiger partial charge in [-0.25, -0.2) is 0 Å². The van der Waals surface area contributed by atoms with Gasteiger partial charge in [0.25, 0.3) is 0 Å². The monoisotopic (exact) mass is 382 g/mol. The Morgan fingerprint density at radius 2 is 2.00 bits per heavy atom. The van der Waals surface area contributed by atoms with Crippen LogP contribution in [0.15, 0.2) is 29.4 Å². The Hall–Kier alpha value is -1.82. The molecular formula is C21H26N4OS. The van der Waals surface area contributed by atoms with Crippen molar-refractivity contribution in [1.29, 1.82) is 0 Å². The lowest BCUT2D eigenvalue weighted by Gasteiger charge is -2.27. The zero-order valence-electron chi connectivity index (χ0n) is 15.7. The third-order valence-corrected chi connectivity index (χ3v) is 6.94. The molecule has 2 fully saturated rings. The normalized spacial score (nSPS) is 22.9. The Kier molecular flexibility index (Phi) is 4.46. The average Bonchev–Trinajstić information content (AvgIpc) is 3.61. The van der Waals surface area contributed by atoms with Gasteiger partial charge in [0.2, 0.25) is 5.91 Å². The van der Waals surface area contributed by atoms with E-state index in [1.807, 2.05) is 6.92 Å². The topological polar surface area (TPSA) is 59.8 Å². The summed E-state index contributed by atoms with van der Waals surface area (Å²) in [6, 6.07) is 9.18. The average molecular weight is 383 g/mol. The number of rotatable bonds is 6. The molecule has 2 atom stereocenters. The first kappa shape index (κ1) is 17.3. The molecule has 0 aliphatic heterocycles. The van der Waals surface area contributed by atoms with E-state index in [0.29, 0.717) is 12.0 Å². The maximum Gasteiger partial charge on any atom is 0.233 e. The first-order chi connectivity index (χ1) is 13.2. The van der Waals surface area contributed by atoms with Crippen molar-refractivity contribution in [3.63, 3.8) is 0 Å². The number of aryl methyl sites for hydroxylation is 1. The fraction of sp³-hybridized carbons (Fsp3) is 0.571. The van der Waals surface area contributed by atoms with Crippen LogP contribution in [0, 0.1) is 0 Å². The van der Waals surface area contributed by atoms with Gasteiger partial charge >= 0.3 is 0 Å². The van der Waals surface area contributed by atoms with Crippen molar-refractivity contribution in [2.24, 2.45) is 0 Å². The van der Waals surface area contributed by atoms with E-state index < -0.39 is 0 Å². The van der Waals surface area contributed by atoms with Crippen molar-refractivity contribution in [3.8, 4) is 0 Å². The van der Waals surface area contributed by atoms with E-state index in [1.165, 1.54) is 36.8 Å². The molecule has 5 rings (SSSR count). The molecule has 0 spiro atoms. The number of aromatic nitrogens is 3. The minimum atomic E-state index is -0.173. The number of hydrogen-bond donors (Lipinski definition) is 1. The minimum Gasteiger partial charge on any atom is -0.348 e. The molecule has 27 heavy (non-hydrogen) atoms. The third kappa shape index (κ3) is 3.51. The highest BCUT2D eigenvalue weighted by molar-refractivity contribution is 8.00. The number of carbonyl (C=O) groups is 1. The summed E-state index contributed by atoms with van der Waals surface area (Å²) in [6.45, 7) is 1.98. The number of thioether (sulfide) groups is 1. The molecule has 6 heteroatoms. The summed E-state index contributed by atoms with van der Waals surface area (Å²) in [5, 5.41) is 12.9. The largest absolute Gasteiger partial charge is 0.348 e. The Morgan fingerprint density at radius 1 is 1.19 bits per heavy atom. The summed E-state index contributed by atoms with van der Waals surface area (Å²) in [4.78, 5) is 12.9. The molecule has 3 aliphatic rings. The molecule has 3 aliphatic carbocycles. The van der Waals surface area contributed by atoms with Crippen LogP contribution in [-0.2, 0) is 11.2 Å². The van der Waals surface area contributed by atoms with Crippen LogP contribution in [0.2, 0.25) is 0 Å². The fourth-order valence-electron chi connectivity index (χ4n) is 4.07.